The number of amides is 1. The Morgan fingerprint density at radius 2 is 1.79 bits per heavy atom. The molecule has 0 radical (unpaired) electrons. The lowest BCUT2D eigenvalue weighted by Crippen LogP contribution is -2.32. The van der Waals surface area contributed by atoms with Crippen molar-refractivity contribution in [2.75, 3.05) is 32.9 Å². The first-order valence-electron chi connectivity index (χ1n) is 8.72. The number of fused-ring (bicyclic) bond motifs is 1. The van der Waals surface area contributed by atoms with E-state index in [1.807, 2.05) is 19.0 Å². The maximum absolute atomic E-state index is 13.2. The lowest BCUT2D eigenvalue weighted by atomic mass is 10.0. The van der Waals surface area contributed by atoms with E-state index in [-0.39, 0.29) is 20.9 Å². The van der Waals surface area contributed by atoms with Gasteiger partial charge in [0.2, 0.25) is 0 Å². The molecule has 0 bridgehead atoms. The van der Waals surface area contributed by atoms with E-state index in [1.54, 1.807) is 18.2 Å². The van der Waals surface area contributed by atoms with Crippen LogP contribution in [0.4, 0.5) is 0 Å². The molecule has 0 aromatic heterocycles. The SMILES string of the molecule is CN(C)CCNC(=O)c1cccc2c1C(S(=O)(=O)c1ccccc1)CS2(=O)=O. The summed E-state index contributed by atoms with van der Waals surface area (Å²) < 4.78 is 51.6. The monoisotopic (exact) mass is 422 g/mol. The summed E-state index contributed by atoms with van der Waals surface area (Å²) in [5.74, 6) is -1.05. The summed E-state index contributed by atoms with van der Waals surface area (Å²) >= 11 is 0. The molecule has 0 aliphatic carbocycles. The number of sulfone groups is 2. The Bertz CT molecular complexity index is 1090. The molecule has 150 valence electrons. The van der Waals surface area contributed by atoms with Gasteiger partial charge in [-0.05, 0) is 38.4 Å². The molecule has 3 rings (SSSR count). The standard InChI is InChI=1S/C19H22N2O5S2/c1-21(2)12-11-20-19(22)15-9-6-10-16-18(15)17(13-27(16,23)24)28(25,26)14-7-4-3-5-8-14/h3-10,17H,11-13H2,1-2H3,(H,20,22). The van der Waals surface area contributed by atoms with E-state index in [0.717, 1.165) is 0 Å². The fourth-order valence-electron chi connectivity index (χ4n) is 3.23. The highest BCUT2D eigenvalue weighted by Gasteiger charge is 2.45. The second kappa shape index (κ2) is 7.65. The van der Waals surface area contributed by atoms with E-state index in [4.69, 9.17) is 0 Å². The number of likely N-dealkylation sites (N-methyl/N-ethyl adjacent to an activating group) is 1. The molecule has 0 saturated heterocycles. The highest BCUT2D eigenvalue weighted by atomic mass is 32.2. The smallest absolute Gasteiger partial charge is 0.251 e. The van der Waals surface area contributed by atoms with Gasteiger partial charge in [0.05, 0.1) is 15.5 Å². The minimum atomic E-state index is -3.98. The summed E-state index contributed by atoms with van der Waals surface area (Å²) in [6.45, 7) is 0.961. The number of carbonyl (C=O) groups excluding carboxylic acids is 1. The summed E-state index contributed by atoms with van der Waals surface area (Å²) in [7, 11) is -4.06. The molecule has 0 saturated carbocycles. The normalized spacial score (nSPS) is 18.0. The van der Waals surface area contributed by atoms with Crippen LogP contribution in [0.3, 0.4) is 0 Å². The maximum Gasteiger partial charge on any atom is 0.251 e. The first kappa shape index (κ1) is 20.5. The van der Waals surface area contributed by atoms with E-state index in [0.29, 0.717) is 13.1 Å². The van der Waals surface area contributed by atoms with Crippen LogP contribution < -0.4 is 5.32 Å². The zero-order valence-corrected chi connectivity index (χ0v) is 17.3. The van der Waals surface area contributed by atoms with Gasteiger partial charge in [0.25, 0.3) is 5.91 Å². The van der Waals surface area contributed by atoms with Crippen LogP contribution in [0.25, 0.3) is 0 Å². The second-order valence-corrected chi connectivity index (χ2v) is 11.0. The summed E-state index contributed by atoms with van der Waals surface area (Å²) in [5, 5.41) is 1.41. The van der Waals surface area contributed by atoms with Crippen molar-refractivity contribution in [2.24, 2.45) is 0 Å². The number of hydrogen-bond acceptors (Lipinski definition) is 6. The number of carbonyl (C=O) groups is 1. The molecule has 1 heterocycles. The van der Waals surface area contributed by atoms with Crippen LogP contribution in [-0.4, -0.2) is 60.6 Å². The topological polar surface area (TPSA) is 101 Å². The van der Waals surface area contributed by atoms with Crippen LogP contribution in [0, 0.1) is 0 Å². The van der Waals surface area contributed by atoms with Crippen molar-refractivity contribution in [3.05, 3.63) is 59.7 Å². The average Bonchev–Trinajstić information content (AvgIpc) is 2.94. The van der Waals surface area contributed by atoms with Crippen molar-refractivity contribution in [2.45, 2.75) is 15.0 Å². The van der Waals surface area contributed by atoms with Crippen LogP contribution in [-0.2, 0) is 19.7 Å². The average molecular weight is 423 g/mol. The van der Waals surface area contributed by atoms with Gasteiger partial charge < -0.3 is 10.2 Å². The van der Waals surface area contributed by atoms with Gasteiger partial charge in [0.1, 0.15) is 5.25 Å². The number of rotatable bonds is 6. The van der Waals surface area contributed by atoms with Crippen LogP contribution in [0.2, 0.25) is 0 Å². The molecular weight excluding hydrogens is 400 g/mol. The second-order valence-electron chi connectivity index (χ2n) is 6.90. The first-order chi connectivity index (χ1) is 13.1. The lowest BCUT2D eigenvalue weighted by molar-refractivity contribution is 0.0950. The summed E-state index contributed by atoms with van der Waals surface area (Å²) in [6.07, 6.45) is 0. The Labute approximate surface area is 165 Å². The van der Waals surface area contributed by atoms with Crippen molar-refractivity contribution in [1.82, 2.24) is 10.2 Å². The number of nitrogens with zero attached hydrogens (tertiary/aromatic N) is 1. The summed E-state index contributed by atoms with van der Waals surface area (Å²) in [5.41, 5.74) is 0.149. The highest BCUT2D eigenvalue weighted by molar-refractivity contribution is 7.96. The van der Waals surface area contributed by atoms with Crippen molar-refractivity contribution in [1.29, 1.82) is 0 Å². The Kier molecular flexibility index (Phi) is 5.60. The molecular formula is C19H22N2O5S2. The Balaban J connectivity index is 2.07. The van der Waals surface area contributed by atoms with Gasteiger partial charge in [-0.1, -0.05) is 24.3 Å². The van der Waals surface area contributed by atoms with Crippen molar-refractivity contribution in [3.8, 4) is 0 Å². The summed E-state index contributed by atoms with van der Waals surface area (Å²) in [6, 6.07) is 12.0. The molecule has 1 aliphatic rings. The Morgan fingerprint density at radius 3 is 2.43 bits per heavy atom. The number of nitrogens with one attached hydrogen (secondary N) is 1. The van der Waals surface area contributed by atoms with E-state index < -0.39 is 36.6 Å². The van der Waals surface area contributed by atoms with Gasteiger partial charge in [-0.2, -0.15) is 0 Å². The zero-order chi connectivity index (χ0) is 20.5. The van der Waals surface area contributed by atoms with Crippen LogP contribution in [0.5, 0.6) is 0 Å². The molecule has 2 aromatic rings. The van der Waals surface area contributed by atoms with Crippen LogP contribution in [0.15, 0.2) is 58.3 Å². The van der Waals surface area contributed by atoms with E-state index in [2.05, 4.69) is 5.32 Å². The minimum absolute atomic E-state index is 0.0332. The summed E-state index contributed by atoms with van der Waals surface area (Å²) in [4.78, 5) is 14.5. The van der Waals surface area contributed by atoms with Crippen molar-refractivity contribution < 1.29 is 21.6 Å². The molecule has 28 heavy (non-hydrogen) atoms. The van der Waals surface area contributed by atoms with Gasteiger partial charge in [0, 0.05) is 24.2 Å². The molecule has 1 unspecified atom stereocenters. The Hall–Kier alpha value is -2.23. The van der Waals surface area contributed by atoms with E-state index >= 15 is 0 Å². The van der Waals surface area contributed by atoms with Gasteiger partial charge in [-0.15, -0.1) is 0 Å². The van der Waals surface area contributed by atoms with Crippen molar-refractivity contribution >= 4 is 25.6 Å². The van der Waals surface area contributed by atoms with E-state index in [1.165, 1.54) is 30.3 Å². The first-order valence-corrected chi connectivity index (χ1v) is 11.9. The molecule has 9 heteroatoms. The predicted molar refractivity (Wildman–Crippen MR) is 106 cm³/mol. The number of benzene rings is 2. The third-order valence-corrected chi connectivity index (χ3v) is 8.72. The molecule has 1 atom stereocenters. The maximum atomic E-state index is 13.2. The molecule has 2 aromatic carbocycles. The number of hydrogen-bond donors (Lipinski definition) is 1. The van der Waals surface area contributed by atoms with E-state index in [9.17, 15) is 21.6 Å². The largest absolute Gasteiger partial charge is 0.351 e. The van der Waals surface area contributed by atoms with Gasteiger partial charge >= 0.3 is 0 Å². The zero-order valence-electron chi connectivity index (χ0n) is 15.6. The lowest BCUT2D eigenvalue weighted by Gasteiger charge is -2.16. The predicted octanol–water partition coefficient (Wildman–Crippen LogP) is 1.28. The van der Waals surface area contributed by atoms with Crippen molar-refractivity contribution in [3.63, 3.8) is 0 Å². The third kappa shape index (κ3) is 3.82. The molecule has 1 aliphatic heterocycles. The van der Waals surface area contributed by atoms with Crippen LogP contribution in [0.1, 0.15) is 21.2 Å². The minimum Gasteiger partial charge on any atom is -0.351 e. The molecule has 1 amide bonds. The van der Waals surface area contributed by atoms with Crippen LogP contribution >= 0.6 is 0 Å². The third-order valence-electron chi connectivity index (χ3n) is 4.63. The molecule has 1 N–H and O–H groups in total. The fraction of sp³-hybridized carbons (Fsp3) is 0.316. The van der Waals surface area contributed by atoms with Gasteiger partial charge in [-0.3, -0.25) is 4.79 Å². The fourth-order valence-corrected chi connectivity index (χ4v) is 7.60. The molecule has 7 nitrogen and oxygen atoms in total. The Morgan fingerprint density at radius 1 is 1.11 bits per heavy atom. The quantitative estimate of drug-likeness (QED) is 0.753. The van der Waals surface area contributed by atoms with Gasteiger partial charge in [0.15, 0.2) is 19.7 Å². The molecule has 0 spiro atoms. The molecule has 0 fully saturated rings. The van der Waals surface area contributed by atoms with Gasteiger partial charge in [-0.25, -0.2) is 16.8 Å². The highest BCUT2D eigenvalue weighted by Crippen LogP contribution is 2.42.